The summed E-state index contributed by atoms with van der Waals surface area (Å²) in [5.41, 5.74) is 3.44. The normalized spacial score (nSPS) is 23.4. The van der Waals surface area contributed by atoms with E-state index in [4.69, 9.17) is 0 Å². The average molecular weight is 527 g/mol. The number of nitrogens with one attached hydrogen (secondary N) is 3. The highest BCUT2D eigenvalue weighted by Gasteiger charge is 2.47. The van der Waals surface area contributed by atoms with Crippen molar-refractivity contribution in [2.45, 2.75) is 47.7 Å². The van der Waals surface area contributed by atoms with Crippen LogP contribution < -0.4 is 20.9 Å². The molecular formula is C28H26N6O3S. The second-order valence-electron chi connectivity index (χ2n) is 9.48. The van der Waals surface area contributed by atoms with Crippen LogP contribution in [0.2, 0.25) is 0 Å². The standard InChI is InChI=1S/C28H26N6O3S/c1-2-22(35)31-18-9-6-10-19(18)32-26(36)25-24-23-20(12-14-30-27(23)38-25)34(28(37)33-24)21-15-17(11-13-29-21)16-7-4-3-5-8-16/h2-5,7-8,11-15,18-19,24-25H,1,6,9-10H2,(H,31,35)(H,32,36)(H,33,37)/t18-,19+,24?,25?/m0/s1. The lowest BCUT2D eigenvalue weighted by Gasteiger charge is -2.34. The van der Waals surface area contributed by atoms with Crippen LogP contribution in [-0.2, 0) is 9.59 Å². The van der Waals surface area contributed by atoms with Crippen LogP contribution in [0.1, 0.15) is 30.9 Å². The Labute approximate surface area is 224 Å². The van der Waals surface area contributed by atoms with Crippen molar-refractivity contribution in [2.24, 2.45) is 0 Å². The minimum absolute atomic E-state index is 0.147. The maximum Gasteiger partial charge on any atom is 0.328 e. The van der Waals surface area contributed by atoms with Crippen molar-refractivity contribution in [2.75, 3.05) is 4.90 Å². The molecule has 9 nitrogen and oxygen atoms in total. The monoisotopic (exact) mass is 526 g/mol. The lowest BCUT2D eigenvalue weighted by Crippen LogP contribution is -2.53. The van der Waals surface area contributed by atoms with E-state index in [2.05, 4.69) is 32.5 Å². The maximum atomic E-state index is 13.5. The molecule has 2 aliphatic heterocycles. The SMILES string of the molecule is C=CC(=O)N[C@H]1CCC[C@H]1NC(=O)C1Sc2nccc3c2C1NC(=O)N3c1cc(-c2ccccc2)ccn1. The summed E-state index contributed by atoms with van der Waals surface area (Å²) in [5.74, 6) is 0.0456. The first-order chi connectivity index (χ1) is 18.5. The molecule has 1 fully saturated rings. The first-order valence-corrected chi connectivity index (χ1v) is 13.4. The molecule has 38 heavy (non-hydrogen) atoms. The number of anilines is 2. The molecule has 0 spiro atoms. The molecule has 0 radical (unpaired) electrons. The van der Waals surface area contributed by atoms with Crippen LogP contribution in [0.3, 0.4) is 0 Å². The van der Waals surface area contributed by atoms with Crippen LogP contribution in [-0.4, -0.2) is 45.1 Å². The van der Waals surface area contributed by atoms with E-state index in [1.165, 1.54) is 17.8 Å². The molecule has 1 aromatic carbocycles. The molecule has 0 bridgehead atoms. The Bertz CT molecular complexity index is 1430. The van der Waals surface area contributed by atoms with Gasteiger partial charge in [0.05, 0.1) is 11.7 Å². The largest absolute Gasteiger partial charge is 0.350 e. The summed E-state index contributed by atoms with van der Waals surface area (Å²) in [6, 6.07) is 14.3. The third-order valence-electron chi connectivity index (χ3n) is 7.20. The minimum atomic E-state index is -0.579. The Balaban J connectivity index is 1.27. The highest BCUT2D eigenvalue weighted by molar-refractivity contribution is 8.01. The van der Waals surface area contributed by atoms with Gasteiger partial charge in [0.15, 0.2) is 0 Å². The Kier molecular flexibility index (Phi) is 6.32. The van der Waals surface area contributed by atoms with Crippen molar-refractivity contribution in [1.82, 2.24) is 25.9 Å². The predicted octanol–water partition coefficient (Wildman–Crippen LogP) is 3.86. The molecule has 10 heteroatoms. The zero-order valence-corrected chi connectivity index (χ0v) is 21.3. The number of benzene rings is 1. The number of carbonyl (C=O) groups excluding carboxylic acids is 3. The van der Waals surface area contributed by atoms with E-state index in [1.54, 1.807) is 23.4 Å². The van der Waals surface area contributed by atoms with Gasteiger partial charge < -0.3 is 16.0 Å². The summed E-state index contributed by atoms with van der Waals surface area (Å²) >= 11 is 1.34. The lowest BCUT2D eigenvalue weighted by atomic mass is 9.99. The fourth-order valence-electron chi connectivity index (χ4n) is 5.42. The van der Waals surface area contributed by atoms with Gasteiger partial charge in [-0.3, -0.25) is 9.59 Å². The molecule has 3 aliphatic rings. The third kappa shape index (κ3) is 4.30. The van der Waals surface area contributed by atoms with Gasteiger partial charge in [0.25, 0.3) is 0 Å². The maximum absolute atomic E-state index is 13.5. The Morgan fingerprint density at radius 1 is 1.03 bits per heavy atom. The van der Waals surface area contributed by atoms with E-state index >= 15 is 0 Å². The summed E-state index contributed by atoms with van der Waals surface area (Å²) in [7, 11) is 0. The molecular weight excluding hydrogens is 500 g/mol. The van der Waals surface area contributed by atoms with Gasteiger partial charge >= 0.3 is 6.03 Å². The Hall–Kier alpha value is -4.18. The van der Waals surface area contributed by atoms with Crippen molar-refractivity contribution in [3.8, 4) is 11.1 Å². The van der Waals surface area contributed by atoms with Gasteiger partial charge in [0.1, 0.15) is 16.1 Å². The van der Waals surface area contributed by atoms with Crippen molar-refractivity contribution < 1.29 is 14.4 Å². The number of nitrogens with zero attached hydrogens (tertiary/aromatic N) is 3. The van der Waals surface area contributed by atoms with Crippen molar-refractivity contribution in [3.05, 3.63) is 79.1 Å². The smallest absolute Gasteiger partial charge is 0.328 e. The molecule has 2 aromatic heterocycles. The number of hydrogen-bond donors (Lipinski definition) is 3. The minimum Gasteiger partial charge on any atom is -0.350 e. The van der Waals surface area contributed by atoms with Gasteiger partial charge in [-0.05, 0) is 54.7 Å². The number of thioether (sulfide) groups is 1. The van der Waals surface area contributed by atoms with Gasteiger partial charge in [-0.2, -0.15) is 0 Å². The van der Waals surface area contributed by atoms with E-state index in [1.807, 2.05) is 42.5 Å². The van der Waals surface area contributed by atoms with E-state index < -0.39 is 11.3 Å². The van der Waals surface area contributed by atoms with Crippen LogP contribution in [0, 0.1) is 0 Å². The molecule has 192 valence electrons. The van der Waals surface area contributed by atoms with Gasteiger partial charge in [-0.15, -0.1) is 0 Å². The second-order valence-corrected chi connectivity index (χ2v) is 10.6. The van der Waals surface area contributed by atoms with Gasteiger partial charge in [0, 0.05) is 30.0 Å². The van der Waals surface area contributed by atoms with Gasteiger partial charge in [0.2, 0.25) is 11.8 Å². The molecule has 4 atom stereocenters. The van der Waals surface area contributed by atoms with Crippen LogP contribution >= 0.6 is 11.8 Å². The third-order valence-corrected chi connectivity index (χ3v) is 8.49. The lowest BCUT2D eigenvalue weighted by molar-refractivity contribution is -0.122. The molecule has 3 aromatic rings. The number of urea groups is 1. The molecule has 0 saturated heterocycles. The van der Waals surface area contributed by atoms with Crippen molar-refractivity contribution in [3.63, 3.8) is 0 Å². The van der Waals surface area contributed by atoms with Gasteiger partial charge in [-0.25, -0.2) is 19.7 Å². The van der Waals surface area contributed by atoms with Crippen molar-refractivity contribution in [1.29, 1.82) is 0 Å². The summed E-state index contributed by atoms with van der Waals surface area (Å²) in [6.07, 6.45) is 7.05. The summed E-state index contributed by atoms with van der Waals surface area (Å²) in [6.45, 7) is 3.51. The molecule has 3 N–H and O–H groups in total. The highest BCUT2D eigenvalue weighted by atomic mass is 32.2. The number of hydrogen-bond acceptors (Lipinski definition) is 6. The van der Waals surface area contributed by atoms with E-state index in [0.29, 0.717) is 16.5 Å². The van der Waals surface area contributed by atoms with E-state index in [0.717, 1.165) is 36.0 Å². The molecule has 4 heterocycles. The van der Waals surface area contributed by atoms with E-state index in [9.17, 15) is 14.4 Å². The zero-order chi connectivity index (χ0) is 26.2. The van der Waals surface area contributed by atoms with Gasteiger partial charge in [-0.1, -0.05) is 48.7 Å². The van der Waals surface area contributed by atoms with Crippen LogP contribution in [0.5, 0.6) is 0 Å². The fraction of sp³-hybridized carbons (Fsp3) is 0.250. The molecule has 2 unspecified atom stereocenters. The van der Waals surface area contributed by atoms with Crippen molar-refractivity contribution >= 4 is 41.1 Å². The number of rotatable bonds is 6. The van der Waals surface area contributed by atoms with E-state index in [-0.39, 0.29) is 29.9 Å². The first-order valence-electron chi connectivity index (χ1n) is 12.5. The quantitative estimate of drug-likeness (QED) is 0.420. The number of pyridine rings is 2. The summed E-state index contributed by atoms with van der Waals surface area (Å²) in [5, 5.41) is 9.19. The zero-order valence-electron chi connectivity index (χ0n) is 20.5. The summed E-state index contributed by atoms with van der Waals surface area (Å²) < 4.78 is 0. The average Bonchev–Trinajstić information content (AvgIpc) is 3.54. The number of aromatic nitrogens is 2. The van der Waals surface area contributed by atoms with Crippen LogP contribution in [0.15, 0.2) is 78.6 Å². The highest BCUT2D eigenvalue weighted by Crippen LogP contribution is 2.50. The fourth-order valence-corrected chi connectivity index (χ4v) is 6.65. The van der Waals surface area contributed by atoms with Crippen LogP contribution in [0.25, 0.3) is 11.1 Å². The first kappa shape index (κ1) is 24.2. The Morgan fingerprint density at radius 3 is 2.58 bits per heavy atom. The molecule has 1 saturated carbocycles. The Morgan fingerprint density at radius 2 is 1.79 bits per heavy atom. The number of amides is 4. The predicted molar refractivity (Wildman–Crippen MR) is 145 cm³/mol. The molecule has 6 rings (SSSR count). The number of carbonyl (C=O) groups is 3. The topological polar surface area (TPSA) is 116 Å². The summed E-state index contributed by atoms with van der Waals surface area (Å²) in [4.78, 5) is 49.3. The second kappa shape index (κ2) is 9.94. The molecule has 1 aliphatic carbocycles. The molecule has 4 amide bonds. The van der Waals surface area contributed by atoms with Crippen LogP contribution in [0.4, 0.5) is 16.3 Å².